The summed E-state index contributed by atoms with van der Waals surface area (Å²) in [6.45, 7) is 4.02. The van der Waals surface area contributed by atoms with Crippen LogP contribution < -0.4 is 17.0 Å². The van der Waals surface area contributed by atoms with Gasteiger partial charge in [-0.3, -0.25) is 14.4 Å². The van der Waals surface area contributed by atoms with Crippen LogP contribution in [0.1, 0.15) is 129 Å². The van der Waals surface area contributed by atoms with E-state index in [-0.39, 0.29) is 44.0 Å². The highest BCUT2D eigenvalue weighted by atomic mass is 35.5. The quantitative estimate of drug-likeness (QED) is 0.0748. The minimum absolute atomic E-state index is 0. The van der Waals surface area contributed by atoms with Gasteiger partial charge in [0.15, 0.2) is 18.5 Å². The van der Waals surface area contributed by atoms with E-state index >= 15 is 0 Å². The van der Waals surface area contributed by atoms with Crippen molar-refractivity contribution in [3.05, 3.63) is 30.6 Å². The molecule has 1 rings (SSSR count). The highest BCUT2D eigenvalue weighted by Crippen LogP contribution is 2.14. The lowest BCUT2D eigenvalue weighted by Crippen LogP contribution is -3.00. The van der Waals surface area contributed by atoms with Crippen LogP contribution in [0, 0.1) is 0 Å². The lowest BCUT2D eigenvalue weighted by atomic mass is 10.0. The Kier molecular flexibility index (Phi) is 25.6. The molecule has 40 heavy (non-hydrogen) atoms. The van der Waals surface area contributed by atoms with Crippen LogP contribution in [-0.2, 0) is 35.1 Å². The molecule has 0 saturated carbocycles. The van der Waals surface area contributed by atoms with Gasteiger partial charge in [0.05, 0.1) is 6.42 Å². The van der Waals surface area contributed by atoms with Gasteiger partial charge in [0.1, 0.15) is 19.8 Å². The van der Waals surface area contributed by atoms with E-state index in [1.54, 1.807) is 0 Å². The van der Waals surface area contributed by atoms with Crippen LogP contribution in [0.15, 0.2) is 30.6 Å². The van der Waals surface area contributed by atoms with E-state index in [0.717, 1.165) is 19.3 Å². The number of pyridine rings is 1. The summed E-state index contributed by atoms with van der Waals surface area (Å²) in [5.74, 6) is -1.18. The molecule has 0 fully saturated rings. The summed E-state index contributed by atoms with van der Waals surface area (Å²) < 4.78 is 17.7. The zero-order valence-electron chi connectivity index (χ0n) is 25.1. The number of rotatable bonds is 25. The molecule has 0 aliphatic rings. The summed E-state index contributed by atoms with van der Waals surface area (Å²) in [6.07, 6.45) is 23.5. The lowest BCUT2D eigenvalue weighted by molar-refractivity contribution is -0.697. The Bertz CT molecular complexity index is 761. The number of aryl methyl sites for hydroxylation is 1. The van der Waals surface area contributed by atoms with Gasteiger partial charge in [0.25, 0.3) is 0 Å². The second-order valence-electron chi connectivity index (χ2n) is 10.5. The number of unbranched alkanes of at least 4 members (excludes halogenated alkanes) is 14. The molecule has 0 N–H and O–H groups in total. The van der Waals surface area contributed by atoms with Crippen molar-refractivity contribution in [1.29, 1.82) is 0 Å². The molecule has 1 aromatic heterocycles. The molecule has 0 bridgehead atoms. The molecule has 7 nitrogen and oxygen atoms in total. The minimum atomic E-state index is -0.792. The molecule has 1 heterocycles. The molecule has 230 valence electrons. The number of hydrogen-bond donors (Lipinski definition) is 0. The van der Waals surface area contributed by atoms with Gasteiger partial charge in [-0.05, 0) is 6.42 Å². The van der Waals surface area contributed by atoms with Gasteiger partial charge in [-0.2, -0.15) is 0 Å². The summed E-state index contributed by atoms with van der Waals surface area (Å²) in [4.78, 5) is 35.6. The molecule has 0 spiro atoms. The van der Waals surface area contributed by atoms with Gasteiger partial charge in [-0.25, -0.2) is 4.57 Å². The monoisotopic (exact) mass is 583 g/mol. The Morgan fingerprint density at radius 3 is 1.50 bits per heavy atom. The van der Waals surface area contributed by atoms with Crippen molar-refractivity contribution in [2.45, 2.75) is 142 Å². The molecule has 1 aromatic rings. The topological polar surface area (TPSA) is 82.8 Å². The van der Waals surface area contributed by atoms with Crippen molar-refractivity contribution in [2.24, 2.45) is 0 Å². The third-order valence-corrected chi connectivity index (χ3v) is 6.75. The normalized spacial score (nSPS) is 11.3. The fraction of sp³-hybridized carbons (Fsp3) is 0.750. The van der Waals surface area contributed by atoms with Crippen molar-refractivity contribution in [1.82, 2.24) is 0 Å². The van der Waals surface area contributed by atoms with Crippen molar-refractivity contribution < 1.29 is 45.6 Å². The summed E-state index contributed by atoms with van der Waals surface area (Å²) in [5, 5.41) is 0. The zero-order chi connectivity index (χ0) is 28.4. The van der Waals surface area contributed by atoms with Crippen molar-refractivity contribution in [2.75, 3.05) is 13.2 Å². The molecule has 0 aromatic carbocycles. The van der Waals surface area contributed by atoms with E-state index in [1.807, 2.05) is 35.2 Å². The standard InChI is InChI=1S/C32H54NO6.ClH/c1-3-4-5-6-7-8-9-10-11-12-13-14-15-16-18-22-31(35)37-27-30(39-29(2)34)28-38-32(36)23-21-26-33-24-19-17-20-25-33;/h17,19-20,24-25,30H,3-16,18,21-23,26-28H2,1-2H3;1H/q+1;/p-1. The first-order valence-corrected chi connectivity index (χ1v) is 15.4. The number of ether oxygens (including phenoxy) is 3. The van der Waals surface area contributed by atoms with Crippen LogP contribution in [0.5, 0.6) is 0 Å². The number of esters is 3. The maximum atomic E-state index is 12.1. The maximum absolute atomic E-state index is 12.1. The Labute approximate surface area is 249 Å². The van der Waals surface area contributed by atoms with Crippen molar-refractivity contribution >= 4 is 17.9 Å². The number of hydrogen-bond acceptors (Lipinski definition) is 6. The van der Waals surface area contributed by atoms with Crippen LogP contribution in [-0.4, -0.2) is 37.2 Å². The zero-order valence-corrected chi connectivity index (χ0v) is 25.8. The van der Waals surface area contributed by atoms with Gasteiger partial charge in [-0.15, -0.1) is 0 Å². The average Bonchev–Trinajstić information content (AvgIpc) is 2.92. The van der Waals surface area contributed by atoms with Gasteiger partial charge in [0, 0.05) is 31.9 Å². The summed E-state index contributed by atoms with van der Waals surface area (Å²) in [5.41, 5.74) is 0. The smallest absolute Gasteiger partial charge is 0.306 e. The fourth-order valence-corrected chi connectivity index (χ4v) is 4.50. The third kappa shape index (κ3) is 23.7. The average molecular weight is 584 g/mol. The first-order valence-electron chi connectivity index (χ1n) is 15.4. The first-order chi connectivity index (χ1) is 19.0. The Morgan fingerprint density at radius 2 is 1.05 bits per heavy atom. The number of nitrogens with zero attached hydrogens (tertiary/aromatic N) is 1. The van der Waals surface area contributed by atoms with E-state index in [4.69, 9.17) is 14.2 Å². The van der Waals surface area contributed by atoms with Crippen molar-refractivity contribution in [3.63, 3.8) is 0 Å². The molecule has 1 unspecified atom stereocenters. The molecule has 8 heteroatoms. The number of halogens is 1. The van der Waals surface area contributed by atoms with Gasteiger partial charge >= 0.3 is 17.9 Å². The molecule has 0 amide bonds. The third-order valence-electron chi connectivity index (χ3n) is 6.75. The second kappa shape index (κ2) is 27.0. The van der Waals surface area contributed by atoms with Crippen LogP contribution in [0.2, 0.25) is 0 Å². The second-order valence-corrected chi connectivity index (χ2v) is 10.5. The molecule has 0 aliphatic carbocycles. The molecule has 0 saturated heterocycles. The van der Waals surface area contributed by atoms with E-state index in [9.17, 15) is 14.4 Å². The summed E-state index contributed by atoms with van der Waals surface area (Å²) in [7, 11) is 0. The van der Waals surface area contributed by atoms with Crippen LogP contribution >= 0.6 is 0 Å². The van der Waals surface area contributed by atoms with Gasteiger partial charge in [0.2, 0.25) is 0 Å². The largest absolute Gasteiger partial charge is 1.00 e. The summed E-state index contributed by atoms with van der Waals surface area (Å²) in [6, 6.07) is 5.81. The summed E-state index contributed by atoms with van der Waals surface area (Å²) >= 11 is 0. The molecular formula is C32H54ClNO6. The highest BCUT2D eigenvalue weighted by Gasteiger charge is 2.18. The Balaban J connectivity index is 0.0000152. The van der Waals surface area contributed by atoms with Crippen LogP contribution in [0.4, 0.5) is 0 Å². The van der Waals surface area contributed by atoms with E-state index < -0.39 is 12.1 Å². The number of carbonyl (C=O) groups excluding carboxylic acids is 3. The predicted octanol–water partition coefficient (Wildman–Crippen LogP) is 4.04. The van der Waals surface area contributed by atoms with Crippen LogP contribution in [0.3, 0.4) is 0 Å². The minimum Gasteiger partial charge on any atom is -1.00 e. The molecule has 0 aliphatic heterocycles. The maximum Gasteiger partial charge on any atom is 0.306 e. The van der Waals surface area contributed by atoms with Crippen LogP contribution in [0.25, 0.3) is 0 Å². The van der Waals surface area contributed by atoms with Gasteiger partial charge in [-0.1, -0.05) is 103 Å². The predicted molar refractivity (Wildman–Crippen MR) is 153 cm³/mol. The molecule has 0 radical (unpaired) electrons. The molecular weight excluding hydrogens is 530 g/mol. The van der Waals surface area contributed by atoms with Crippen molar-refractivity contribution in [3.8, 4) is 0 Å². The number of carbonyl (C=O) groups is 3. The van der Waals surface area contributed by atoms with Gasteiger partial charge < -0.3 is 26.6 Å². The number of aromatic nitrogens is 1. The lowest BCUT2D eigenvalue weighted by Gasteiger charge is -2.17. The van der Waals surface area contributed by atoms with E-state index in [1.165, 1.54) is 84.0 Å². The van der Waals surface area contributed by atoms with E-state index in [0.29, 0.717) is 19.4 Å². The van der Waals surface area contributed by atoms with E-state index in [2.05, 4.69) is 6.92 Å². The highest BCUT2D eigenvalue weighted by molar-refractivity contribution is 5.70. The first kappa shape index (κ1) is 37.9. The Morgan fingerprint density at radius 1 is 0.625 bits per heavy atom. The molecule has 1 atom stereocenters. The SMILES string of the molecule is CCCCCCCCCCCCCCCCCC(=O)OCC(COC(=O)CCC[n+]1ccccc1)OC(C)=O.[Cl-]. The Hall–Kier alpha value is -2.15. The fourth-order valence-electron chi connectivity index (χ4n) is 4.50.